The third-order valence-electron chi connectivity index (χ3n) is 4.85. The van der Waals surface area contributed by atoms with Crippen LogP contribution in [0.25, 0.3) is 10.8 Å². The van der Waals surface area contributed by atoms with Crippen LogP contribution in [0, 0.1) is 0 Å². The van der Waals surface area contributed by atoms with E-state index in [9.17, 15) is 9.90 Å². The molecule has 3 aromatic rings. The van der Waals surface area contributed by atoms with Crippen LogP contribution >= 0.6 is 12.4 Å². The van der Waals surface area contributed by atoms with Crippen LogP contribution in [0.3, 0.4) is 0 Å². The molecule has 0 aliphatic heterocycles. The average Bonchev–Trinajstić information content (AvgIpc) is 2.71. The summed E-state index contributed by atoms with van der Waals surface area (Å²) < 4.78 is 4.70. The first-order valence-electron chi connectivity index (χ1n) is 9.21. The van der Waals surface area contributed by atoms with Crippen LogP contribution in [0.15, 0.2) is 60.7 Å². The number of aryl methyl sites for hydroxylation is 1. The topological polar surface area (TPSA) is 58.6 Å². The number of rotatable bonds is 7. The minimum atomic E-state index is -0.517. The first-order chi connectivity index (χ1) is 13.1. The number of ether oxygens (including phenoxy) is 1. The van der Waals surface area contributed by atoms with Crippen molar-refractivity contribution >= 4 is 29.1 Å². The number of halogens is 1. The Morgan fingerprint density at radius 3 is 2.64 bits per heavy atom. The van der Waals surface area contributed by atoms with Crippen LogP contribution in [-0.2, 0) is 11.2 Å². The van der Waals surface area contributed by atoms with Gasteiger partial charge >= 0.3 is 5.97 Å². The molecule has 4 nitrogen and oxygen atoms in total. The van der Waals surface area contributed by atoms with E-state index < -0.39 is 5.97 Å². The summed E-state index contributed by atoms with van der Waals surface area (Å²) in [6.07, 6.45) is 1.75. The lowest BCUT2D eigenvalue weighted by molar-refractivity contribution is 0.0597. The molecule has 0 aromatic heterocycles. The van der Waals surface area contributed by atoms with Crippen molar-refractivity contribution in [2.24, 2.45) is 0 Å². The van der Waals surface area contributed by atoms with Gasteiger partial charge in [-0.1, -0.05) is 48.5 Å². The standard InChI is InChI=1S/C23H25NO3.ClH/c1-16(19-11-5-9-18-8-3-4-10-20(18)19)24-14-6-7-17-12-13-22(25)21(15-17)23(26)27-2;/h3-5,8-13,15-16,24-25H,6-7,14H2,1-2H3;1H. The number of esters is 1. The van der Waals surface area contributed by atoms with E-state index in [0.717, 1.165) is 24.9 Å². The molecule has 0 spiro atoms. The molecule has 0 heterocycles. The molecule has 2 N–H and O–H groups in total. The Morgan fingerprint density at radius 1 is 1.11 bits per heavy atom. The van der Waals surface area contributed by atoms with E-state index in [4.69, 9.17) is 4.74 Å². The van der Waals surface area contributed by atoms with Crippen LogP contribution in [0.2, 0.25) is 0 Å². The second-order valence-electron chi connectivity index (χ2n) is 6.69. The Hall–Kier alpha value is -2.56. The second kappa shape index (κ2) is 10.1. The fourth-order valence-electron chi connectivity index (χ4n) is 3.36. The Labute approximate surface area is 171 Å². The lowest BCUT2D eigenvalue weighted by Gasteiger charge is -2.16. The fourth-order valence-corrected chi connectivity index (χ4v) is 3.36. The number of hydrogen-bond acceptors (Lipinski definition) is 4. The van der Waals surface area contributed by atoms with E-state index in [0.29, 0.717) is 0 Å². The van der Waals surface area contributed by atoms with Crippen molar-refractivity contribution in [1.82, 2.24) is 5.32 Å². The molecule has 0 amide bonds. The van der Waals surface area contributed by atoms with Gasteiger partial charge in [-0.15, -0.1) is 12.4 Å². The Balaban J connectivity index is 0.00000280. The lowest BCUT2D eigenvalue weighted by Crippen LogP contribution is -2.20. The molecular formula is C23H26ClNO3. The third kappa shape index (κ3) is 5.03. The molecule has 28 heavy (non-hydrogen) atoms. The van der Waals surface area contributed by atoms with Gasteiger partial charge in [-0.2, -0.15) is 0 Å². The lowest BCUT2D eigenvalue weighted by atomic mass is 9.99. The van der Waals surface area contributed by atoms with Crippen molar-refractivity contribution in [3.05, 3.63) is 77.4 Å². The van der Waals surface area contributed by atoms with Gasteiger partial charge < -0.3 is 15.2 Å². The van der Waals surface area contributed by atoms with Gasteiger partial charge in [0.1, 0.15) is 11.3 Å². The smallest absolute Gasteiger partial charge is 0.341 e. The van der Waals surface area contributed by atoms with Gasteiger partial charge in [0, 0.05) is 6.04 Å². The summed E-state index contributed by atoms with van der Waals surface area (Å²) in [5.41, 5.74) is 2.52. The number of aromatic hydroxyl groups is 1. The van der Waals surface area contributed by atoms with Crippen molar-refractivity contribution in [2.45, 2.75) is 25.8 Å². The van der Waals surface area contributed by atoms with Crippen LogP contribution in [0.1, 0.15) is 40.9 Å². The van der Waals surface area contributed by atoms with E-state index in [1.165, 1.54) is 23.4 Å². The fraction of sp³-hybridized carbons (Fsp3) is 0.261. The minimum absolute atomic E-state index is 0. The van der Waals surface area contributed by atoms with Crippen LogP contribution in [0.4, 0.5) is 0 Å². The second-order valence-corrected chi connectivity index (χ2v) is 6.69. The van der Waals surface area contributed by atoms with Crippen molar-refractivity contribution in [1.29, 1.82) is 0 Å². The summed E-state index contributed by atoms with van der Waals surface area (Å²) in [5.74, 6) is -0.564. The van der Waals surface area contributed by atoms with Crippen molar-refractivity contribution in [2.75, 3.05) is 13.7 Å². The number of carbonyl (C=O) groups is 1. The van der Waals surface area contributed by atoms with E-state index in [1.807, 2.05) is 6.07 Å². The highest BCUT2D eigenvalue weighted by molar-refractivity contribution is 5.92. The maximum Gasteiger partial charge on any atom is 0.341 e. The highest BCUT2D eigenvalue weighted by atomic mass is 35.5. The Kier molecular flexibility index (Phi) is 7.85. The molecule has 0 radical (unpaired) electrons. The number of carbonyl (C=O) groups excluding carboxylic acids is 1. The van der Waals surface area contributed by atoms with Crippen molar-refractivity contribution in [3.63, 3.8) is 0 Å². The summed E-state index contributed by atoms with van der Waals surface area (Å²) in [6.45, 7) is 3.04. The zero-order valence-electron chi connectivity index (χ0n) is 16.1. The normalized spacial score (nSPS) is 11.6. The number of fused-ring (bicyclic) bond motifs is 1. The number of benzene rings is 3. The zero-order chi connectivity index (χ0) is 19.2. The molecule has 0 saturated carbocycles. The van der Waals surface area contributed by atoms with Gasteiger partial charge in [-0.3, -0.25) is 0 Å². The van der Waals surface area contributed by atoms with E-state index in [-0.39, 0.29) is 29.8 Å². The first kappa shape index (κ1) is 21.7. The minimum Gasteiger partial charge on any atom is -0.507 e. The summed E-state index contributed by atoms with van der Waals surface area (Å²) in [6, 6.07) is 20.2. The Morgan fingerprint density at radius 2 is 1.86 bits per heavy atom. The van der Waals surface area contributed by atoms with E-state index >= 15 is 0 Å². The SMILES string of the molecule is COC(=O)c1cc(CCCNC(C)c2cccc3ccccc23)ccc1O.Cl. The van der Waals surface area contributed by atoms with Gasteiger partial charge in [0.2, 0.25) is 0 Å². The van der Waals surface area contributed by atoms with Gasteiger partial charge in [0.15, 0.2) is 0 Å². The van der Waals surface area contributed by atoms with E-state index in [1.54, 1.807) is 12.1 Å². The highest BCUT2D eigenvalue weighted by Gasteiger charge is 2.12. The molecule has 5 heteroatoms. The summed E-state index contributed by atoms with van der Waals surface area (Å²) in [4.78, 5) is 11.7. The predicted molar refractivity (Wildman–Crippen MR) is 115 cm³/mol. The van der Waals surface area contributed by atoms with Gasteiger partial charge in [-0.25, -0.2) is 4.79 Å². The first-order valence-corrected chi connectivity index (χ1v) is 9.21. The number of phenolic OH excluding ortho intramolecular Hbond substituents is 1. The predicted octanol–water partition coefficient (Wildman–Crippen LogP) is 5.04. The molecule has 1 atom stereocenters. The van der Waals surface area contributed by atoms with Crippen LogP contribution < -0.4 is 5.32 Å². The number of methoxy groups -OCH3 is 1. The molecule has 0 aliphatic rings. The van der Waals surface area contributed by atoms with E-state index in [2.05, 4.69) is 54.7 Å². The number of hydrogen-bond donors (Lipinski definition) is 2. The highest BCUT2D eigenvalue weighted by Crippen LogP contribution is 2.24. The maximum atomic E-state index is 11.7. The average molecular weight is 400 g/mol. The van der Waals surface area contributed by atoms with Crippen LogP contribution in [-0.4, -0.2) is 24.7 Å². The molecule has 3 rings (SSSR count). The number of nitrogens with one attached hydrogen (secondary N) is 1. The molecular weight excluding hydrogens is 374 g/mol. The van der Waals surface area contributed by atoms with Crippen molar-refractivity contribution in [3.8, 4) is 5.75 Å². The molecule has 0 fully saturated rings. The molecule has 0 bridgehead atoms. The largest absolute Gasteiger partial charge is 0.507 e. The van der Waals surface area contributed by atoms with Crippen molar-refractivity contribution < 1.29 is 14.6 Å². The maximum absolute atomic E-state index is 11.7. The quantitative estimate of drug-likeness (QED) is 0.431. The molecule has 3 aromatic carbocycles. The third-order valence-corrected chi connectivity index (χ3v) is 4.85. The molecule has 0 saturated heterocycles. The Bertz CT molecular complexity index is 937. The number of phenols is 1. The monoisotopic (exact) mass is 399 g/mol. The molecule has 1 unspecified atom stereocenters. The summed E-state index contributed by atoms with van der Waals surface area (Å²) in [5, 5.41) is 15.9. The molecule has 0 aliphatic carbocycles. The summed E-state index contributed by atoms with van der Waals surface area (Å²) in [7, 11) is 1.31. The molecule has 148 valence electrons. The van der Waals surface area contributed by atoms with Crippen LogP contribution in [0.5, 0.6) is 5.75 Å². The zero-order valence-corrected chi connectivity index (χ0v) is 17.0. The van der Waals surface area contributed by atoms with Gasteiger partial charge in [0.05, 0.1) is 7.11 Å². The summed E-state index contributed by atoms with van der Waals surface area (Å²) >= 11 is 0. The van der Waals surface area contributed by atoms with Gasteiger partial charge in [-0.05, 0) is 60.3 Å². The van der Waals surface area contributed by atoms with Gasteiger partial charge in [0.25, 0.3) is 0 Å².